The van der Waals surface area contributed by atoms with E-state index in [2.05, 4.69) is 19.2 Å². The highest BCUT2D eigenvalue weighted by atomic mass is 16.2. The van der Waals surface area contributed by atoms with Gasteiger partial charge in [-0.2, -0.15) is 0 Å². The van der Waals surface area contributed by atoms with E-state index in [1.807, 2.05) is 25.9 Å². The Balaban J connectivity index is 2.50. The second kappa shape index (κ2) is 5.17. The summed E-state index contributed by atoms with van der Waals surface area (Å²) >= 11 is 0. The van der Waals surface area contributed by atoms with Crippen LogP contribution < -0.4 is 5.32 Å². The van der Waals surface area contributed by atoms with Gasteiger partial charge < -0.3 is 10.2 Å². The van der Waals surface area contributed by atoms with Crippen molar-refractivity contribution < 1.29 is 4.79 Å². The molecule has 1 rings (SSSR count). The fraction of sp³-hybridized carbons (Fsp3) is 0.923. The van der Waals surface area contributed by atoms with Gasteiger partial charge in [0.15, 0.2) is 0 Å². The van der Waals surface area contributed by atoms with Gasteiger partial charge in [0.2, 0.25) is 5.91 Å². The first-order valence-corrected chi connectivity index (χ1v) is 6.31. The Morgan fingerprint density at radius 3 is 2.31 bits per heavy atom. The first-order chi connectivity index (χ1) is 7.37. The van der Waals surface area contributed by atoms with Gasteiger partial charge in [-0.3, -0.25) is 4.79 Å². The summed E-state index contributed by atoms with van der Waals surface area (Å²) in [6.45, 7) is 6.56. The van der Waals surface area contributed by atoms with Crippen LogP contribution in [0.15, 0.2) is 0 Å². The van der Waals surface area contributed by atoms with Crippen LogP contribution in [0.3, 0.4) is 0 Å². The minimum atomic E-state index is -0.0695. The Labute approximate surface area is 99.6 Å². The van der Waals surface area contributed by atoms with Crippen molar-refractivity contribution in [2.24, 2.45) is 5.41 Å². The first-order valence-electron chi connectivity index (χ1n) is 6.31. The lowest BCUT2D eigenvalue weighted by Gasteiger charge is -2.39. The largest absolute Gasteiger partial charge is 0.341 e. The highest BCUT2D eigenvalue weighted by Gasteiger charge is 2.31. The lowest BCUT2D eigenvalue weighted by Crippen LogP contribution is -2.47. The van der Waals surface area contributed by atoms with Crippen molar-refractivity contribution in [3.05, 3.63) is 0 Å². The zero-order valence-corrected chi connectivity index (χ0v) is 11.3. The van der Waals surface area contributed by atoms with E-state index in [0.29, 0.717) is 11.5 Å². The van der Waals surface area contributed by atoms with E-state index >= 15 is 0 Å². The number of hydrogen-bond acceptors (Lipinski definition) is 2. The third-order valence-electron chi connectivity index (χ3n) is 4.01. The lowest BCUT2D eigenvalue weighted by molar-refractivity contribution is -0.134. The minimum Gasteiger partial charge on any atom is -0.341 e. The van der Waals surface area contributed by atoms with Crippen LogP contribution in [0.2, 0.25) is 0 Å². The van der Waals surface area contributed by atoms with Crippen molar-refractivity contribution in [1.29, 1.82) is 0 Å². The number of amides is 1. The Hall–Kier alpha value is -0.570. The maximum Gasteiger partial charge on any atom is 0.239 e. The molecule has 0 saturated heterocycles. The van der Waals surface area contributed by atoms with E-state index in [0.717, 1.165) is 12.8 Å². The molecule has 1 aliphatic carbocycles. The Kier molecular flexibility index (Phi) is 4.36. The van der Waals surface area contributed by atoms with Crippen molar-refractivity contribution in [2.75, 3.05) is 14.1 Å². The summed E-state index contributed by atoms with van der Waals surface area (Å²) in [7, 11) is 3.78. The Morgan fingerprint density at radius 2 is 1.88 bits per heavy atom. The van der Waals surface area contributed by atoms with Gasteiger partial charge in [-0.05, 0) is 45.1 Å². The van der Waals surface area contributed by atoms with Crippen LogP contribution in [-0.4, -0.2) is 37.0 Å². The highest BCUT2D eigenvalue weighted by molar-refractivity contribution is 5.81. The standard InChI is InChI=1S/C13H26N2O/c1-10(14-4)12(16)15(5)11-6-8-13(2,3)9-7-11/h10-11,14H,6-9H2,1-5H3. The molecular formula is C13H26N2O. The van der Waals surface area contributed by atoms with Gasteiger partial charge in [0, 0.05) is 13.1 Å². The van der Waals surface area contributed by atoms with E-state index in [1.54, 1.807) is 0 Å². The number of carbonyl (C=O) groups is 1. The quantitative estimate of drug-likeness (QED) is 0.798. The number of rotatable bonds is 3. The van der Waals surface area contributed by atoms with Crippen LogP contribution in [0, 0.1) is 5.41 Å². The predicted molar refractivity (Wildman–Crippen MR) is 67.3 cm³/mol. The van der Waals surface area contributed by atoms with Crippen LogP contribution in [0.5, 0.6) is 0 Å². The molecule has 1 saturated carbocycles. The van der Waals surface area contributed by atoms with E-state index in [-0.39, 0.29) is 11.9 Å². The topological polar surface area (TPSA) is 32.3 Å². The summed E-state index contributed by atoms with van der Waals surface area (Å²) < 4.78 is 0. The van der Waals surface area contributed by atoms with Gasteiger partial charge in [0.25, 0.3) is 0 Å². The molecule has 16 heavy (non-hydrogen) atoms. The molecule has 0 aromatic heterocycles. The van der Waals surface area contributed by atoms with Crippen molar-refractivity contribution in [2.45, 2.75) is 58.5 Å². The van der Waals surface area contributed by atoms with Crippen LogP contribution in [-0.2, 0) is 4.79 Å². The SMILES string of the molecule is CNC(C)C(=O)N(C)C1CCC(C)(C)CC1. The average molecular weight is 226 g/mol. The minimum absolute atomic E-state index is 0.0695. The van der Waals surface area contributed by atoms with Crippen LogP contribution in [0.1, 0.15) is 46.5 Å². The summed E-state index contributed by atoms with van der Waals surface area (Å²) in [6, 6.07) is 0.372. The van der Waals surface area contributed by atoms with Crippen molar-refractivity contribution in [3.8, 4) is 0 Å². The highest BCUT2D eigenvalue weighted by Crippen LogP contribution is 2.36. The Bertz CT molecular complexity index is 240. The van der Waals surface area contributed by atoms with E-state index in [1.165, 1.54) is 12.8 Å². The van der Waals surface area contributed by atoms with Gasteiger partial charge >= 0.3 is 0 Å². The molecule has 0 aliphatic heterocycles. The van der Waals surface area contributed by atoms with Gasteiger partial charge in [0.1, 0.15) is 0 Å². The second-order valence-electron chi connectivity index (χ2n) is 5.85. The number of likely N-dealkylation sites (N-methyl/N-ethyl adjacent to an activating group) is 2. The summed E-state index contributed by atoms with van der Waals surface area (Å²) in [4.78, 5) is 13.9. The molecule has 3 heteroatoms. The van der Waals surface area contributed by atoms with Crippen LogP contribution >= 0.6 is 0 Å². The molecule has 1 amide bonds. The summed E-state index contributed by atoms with van der Waals surface area (Å²) in [5, 5.41) is 3.01. The van der Waals surface area contributed by atoms with Gasteiger partial charge in [-0.1, -0.05) is 13.8 Å². The fourth-order valence-electron chi connectivity index (χ4n) is 2.38. The molecule has 1 unspecified atom stereocenters. The van der Waals surface area contributed by atoms with E-state index < -0.39 is 0 Å². The molecule has 94 valence electrons. The molecular weight excluding hydrogens is 200 g/mol. The average Bonchev–Trinajstić information content (AvgIpc) is 2.26. The summed E-state index contributed by atoms with van der Waals surface area (Å²) in [6.07, 6.45) is 4.74. The smallest absolute Gasteiger partial charge is 0.239 e. The lowest BCUT2D eigenvalue weighted by atomic mass is 9.75. The van der Waals surface area contributed by atoms with Crippen molar-refractivity contribution in [3.63, 3.8) is 0 Å². The van der Waals surface area contributed by atoms with Crippen molar-refractivity contribution in [1.82, 2.24) is 10.2 Å². The molecule has 3 nitrogen and oxygen atoms in total. The number of hydrogen-bond donors (Lipinski definition) is 1. The Morgan fingerprint density at radius 1 is 1.38 bits per heavy atom. The third kappa shape index (κ3) is 3.21. The molecule has 1 atom stereocenters. The monoisotopic (exact) mass is 226 g/mol. The van der Waals surface area contributed by atoms with E-state index in [9.17, 15) is 4.79 Å². The molecule has 0 heterocycles. The fourth-order valence-corrected chi connectivity index (χ4v) is 2.38. The van der Waals surface area contributed by atoms with Crippen molar-refractivity contribution >= 4 is 5.91 Å². The van der Waals surface area contributed by atoms with Gasteiger partial charge in [-0.15, -0.1) is 0 Å². The zero-order chi connectivity index (χ0) is 12.3. The molecule has 0 aromatic rings. The third-order valence-corrected chi connectivity index (χ3v) is 4.01. The molecule has 0 aromatic carbocycles. The maximum absolute atomic E-state index is 12.0. The summed E-state index contributed by atoms with van der Waals surface area (Å²) in [5.41, 5.74) is 0.467. The van der Waals surface area contributed by atoms with Gasteiger partial charge in [-0.25, -0.2) is 0 Å². The van der Waals surface area contributed by atoms with Gasteiger partial charge in [0.05, 0.1) is 6.04 Å². The van der Waals surface area contributed by atoms with Crippen LogP contribution in [0.25, 0.3) is 0 Å². The number of carbonyl (C=O) groups excluding carboxylic acids is 1. The molecule has 1 aliphatic rings. The molecule has 0 radical (unpaired) electrons. The normalized spacial score (nSPS) is 22.8. The van der Waals surface area contributed by atoms with Crippen LogP contribution in [0.4, 0.5) is 0 Å². The molecule has 0 bridgehead atoms. The maximum atomic E-state index is 12.0. The molecule has 1 N–H and O–H groups in total. The first kappa shape index (κ1) is 13.5. The van der Waals surface area contributed by atoms with E-state index in [4.69, 9.17) is 0 Å². The molecule has 1 fully saturated rings. The number of nitrogens with one attached hydrogen (secondary N) is 1. The molecule has 0 spiro atoms. The summed E-state index contributed by atoms with van der Waals surface area (Å²) in [5.74, 6) is 0.215. The second-order valence-corrected chi connectivity index (χ2v) is 5.85. The zero-order valence-electron chi connectivity index (χ0n) is 11.3. The predicted octanol–water partition coefficient (Wildman–Crippen LogP) is 2.02. The number of nitrogens with zero attached hydrogens (tertiary/aromatic N) is 1.